The first-order valence-electron chi connectivity index (χ1n) is 11.6. The quantitative estimate of drug-likeness (QED) is 0.591. The zero-order valence-corrected chi connectivity index (χ0v) is 19.7. The Morgan fingerprint density at radius 2 is 1.68 bits per heavy atom. The maximum absolute atomic E-state index is 13.5. The van der Waals surface area contributed by atoms with Crippen molar-refractivity contribution in [1.82, 2.24) is 4.90 Å². The molecule has 2 amide bonds. The molecule has 0 radical (unpaired) electrons. The summed E-state index contributed by atoms with van der Waals surface area (Å²) in [5, 5.41) is 5.04. The smallest absolute Gasteiger partial charge is 0.233 e. The number of carbonyl (C=O) groups excluding carboxylic acids is 2. The normalized spacial score (nSPS) is 30.8. The molecule has 0 spiro atoms. The van der Waals surface area contributed by atoms with Gasteiger partial charge in [0.25, 0.3) is 0 Å². The molecule has 34 heavy (non-hydrogen) atoms. The number of hydrogen-bond acceptors (Lipinski definition) is 6. The van der Waals surface area contributed by atoms with Gasteiger partial charge >= 0.3 is 0 Å². The van der Waals surface area contributed by atoms with Crippen molar-refractivity contribution in [1.29, 1.82) is 0 Å². The molecule has 7 nitrogen and oxygen atoms in total. The second-order valence-electron chi connectivity index (χ2n) is 9.46. The molecule has 176 valence electrons. The molecule has 3 fully saturated rings. The summed E-state index contributed by atoms with van der Waals surface area (Å²) in [6.07, 6.45) is 1.26. The van der Waals surface area contributed by atoms with Crippen molar-refractivity contribution < 1.29 is 23.9 Å². The number of rotatable bonds is 6. The molecule has 2 aliphatic carbocycles. The van der Waals surface area contributed by atoms with E-state index in [1.165, 1.54) is 4.90 Å². The first-order valence-corrected chi connectivity index (χ1v) is 12.0. The van der Waals surface area contributed by atoms with Gasteiger partial charge in [0.15, 0.2) is 11.5 Å². The summed E-state index contributed by atoms with van der Waals surface area (Å²) in [4.78, 5) is 34.2. The molecule has 1 saturated heterocycles. The summed E-state index contributed by atoms with van der Waals surface area (Å²) in [5.41, 5.74) is 2.82. The van der Waals surface area contributed by atoms with E-state index in [0.29, 0.717) is 29.5 Å². The number of halogens is 1. The maximum Gasteiger partial charge on any atom is 0.233 e. The van der Waals surface area contributed by atoms with E-state index in [2.05, 4.69) is 5.16 Å². The third kappa shape index (κ3) is 3.06. The fraction of sp³-hybridized carbons (Fsp3) is 0.423. The molecular weight excluding hydrogens is 456 g/mol. The number of fused-ring (bicyclic) bond motifs is 8. The largest absolute Gasteiger partial charge is 0.493 e. The highest BCUT2D eigenvalue weighted by molar-refractivity contribution is 6.30. The second kappa shape index (κ2) is 8.01. The van der Waals surface area contributed by atoms with E-state index in [1.807, 2.05) is 42.5 Å². The molecule has 0 N–H and O–H groups in total. The standard InChI is InChI=1S/C26H25ClN2O5/c1-32-18-8-3-13(11-19(18)33-2)9-10-29-25(30)20-16-12-17(21(20)26(29)31)24-22(16)23(28-34-24)14-4-6-15(27)7-5-14/h3-8,11,16-17,20-22,24H,9-10,12H2,1-2H3/t16-,17+,20+,21-,22+,24+/m0/s1. The third-order valence-corrected chi connectivity index (χ3v) is 8.25. The summed E-state index contributed by atoms with van der Waals surface area (Å²) in [6.45, 7) is 0.355. The van der Waals surface area contributed by atoms with Crippen LogP contribution in [0.2, 0.25) is 5.02 Å². The fourth-order valence-corrected chi connectivity index (χ4v) is 6.67. The number of methoxy groups -OCH3 is 2. The fourth-order valence-electron chi connectivity index (χ4n) is 6.54. The van der Waals surface area contributed by atoms with Crippen molar-refractivity contribution in [3.05, 3.63) is 58.6 Å². The van der Waals surface area contributed by atoms with Crippen LogP contribution in [0, 0.1) is 29.6 Å². The van der Waals surface area contributed by atoms with Crippen LogP contribution >= 0.6 is 11.6 Å². The predicted octanol–water partition coefficient (Wildman–Crippen LogP) is 3.57. The molecule has 2 aromatic carbocycles. The van der Waals surface area contributed by atoms with Gasteiger partial charge in [0, 0.05) is 23.4 Å². The lowest BCUT2D eigenvalue weighted by molar-refractivity contribution is -0.140. The SMILES string of the molecule is COc1ccc(CCN2C(=O)[C@@H]3[C@@H]4C[C@@H]([C@H]5ON=C(c6ccc(Cl)cc6)[C@@H]45)[C@@H]3C2=O)cc1OC. The van der Waals surface area contributed by atoms with Crippen LogP contribution in [0.15, 0.2) is 47.6 Å². The Morgan fingerprint density at radius 3 is 2.38 bits per heavy atom. The van der Waals surface area contributed by atoms with Crippen molar-refractivity contribution in [2.24, 2.45) is 34.7 Å². The number of amides is 2. The number of benzene rings is 2. The molecule has 4 aliphatic rings. The molecule has 2 heterocycles. The van der Waals surface area contributed by atoms with Gasteiger partial charge in [-0.3, -0.25) is 14.5 Å². The Balaban J connectivity index is 1.20. The van der Waals surface area contributed by atoms with Gasteiger partial charge in [0.1, 0.15) is 6.10 Å². The van der Waals surface area contributed by atoms with E-state index >= 15 is 0 Å². The van der Waals surface area contributed by atoms with Crippen molar-refractivity contribution in [2.75, 3.05) is 20.8 Å². The van der Waals surface area contributed by atoms with E-state index in [9.17, 15) is 9.59 Å². The molecule has 8 heteroatoms. The molecule has 0 unspecified atom stereocenters. The summed E-state index contributed by atoms with van der Waals surface area (Å²) in [7, 11) is 3.18. The Morgan fingerprint density at radius 1 is 0.971 bits per heavy atom. The number of carbonyl (C=O) groups is 2. The zero-order valence-electron chi connectivity index (χ0n) is 18.9. The highest BCUT2D eigenvalue weighted by Crippen LogP contribution is 2.61. The van der Waals surface area contributed by atoms with Crippen LogP contribution in [0.4, 0.5) is 0 Å². The summed E-state index contributed by atoms with van der Waals surface area (Å²) in [6, 6.07) is 13.2. The van der Waals surface area contributed by atoms with Gasteiger partial charge in [-0.25, -0.2) is 0 Å². The van der Waals surface area contributed by atoms with Crippen LogP contribution < -0.4 is 9.47 Å². The average Bonchev–Trinajstić information content (AvgIpc) is 3.59. The van der Waals surface area contributed by atoms with E-state index in [4.69, 9.17) is 25.9 Å². The Bertz CT molecular complexity index is 1200. The molecule has 2 bridgehead atoms. The highest BCUT2D eigenvalue weighted by atomic mass is 35.5. The van der Waals surface area contributed by atoms with Crippen molar-refractivity contribution >= 4 is 29.1 Å². The Hall–Kier alpha value is -3.06. The van der Waals surface area contributed by atoms with Crippen LogP contribution in [0.5, 0.6) is 11.5 Å². The van der Waals surface area contributed by atoms with Crippen LogP contribution in [0.25, 0.3) is 0 Å². The first-order chi connectivity index (χ1) is 16.5. The van der Waals surface area contributed by atoms with Gasteiger partial charge in [-0.15, -0.1) is 0 Å². The lowest BCUT2D eigenvalue weighted by Gasteiger charge is -2.29. The number of imide groups is 1. The number of likely N-dealkylation sites (tertiary alicyclic amines) is 1. The molecular formula is C26H25ClN2O5. The van der Waals surface area contributed by atoms with Crippen molar-refractivity contribution in [3.8, 4) is 11.5 Å². The van der Waals surface area contributed by atoms with Gasteiger partial charge in [0.2, 0.25) is 11.8 Å². The zero-order chi connectivity index (χ0) is 23.6. The summed E-state index contributed by atoms with van der Waals surface area (Å²) < 4.78 is 10.7. The van der Waals surface area contributed by atoms with E-state index in [1.54, 1.807) is 14.2 Å². The minimum Gasteiger partial charge on any atom is -0.493 e. The minimum absolute atomic E-state index is 0.0241. The molecule has 2 aliphatic heterocycles. The molecule has 6 atom stereocenters. The van der Waals surface area contributed by atoms with Crippen LogP contribution in [0.1, 0.15) is 17.5 Å². The predicted molar refractivity (Wildman–Crippen MR) is 125 cm³/mol. The molecule has 2 aromatic rings. The topological polar surface area (TPSA) is 77.4 Å². The van der Waals surface area contributed by atoms with Gasteiger partial charge in [-0.05, 0) is 54.2 Å². The van der Waals surface area contributed by atoms with Crippen molar-refractivity contribution in [2.45, 2.75) is 18.9 Å². The lowest BCUT2D eigenvalue weighted by atomic mass is 9.71. The third-order valence-electron chi connectivity index (χ3n) is 7.99. The van der Waals surface area contributed by atoms with E-state index in [-0.39, 0.29) is 47.5 Å². The average molecular weight is 481 g/mol. The molecule has 6 rings (SSSR count). The van der Waals surface area contributed by atoms with Gasteiger partial charge in [-0.1, -0.05) is 35.0 Å². The van der Waals surface area contributed by atoms with Crippen LogP contribution in [0.3, 0.4) is 0 Å². The van der Waals surface area contributed by atoms with Gasteiger partial charge in [-0.2, -0.15) is 0 Å². The van der Waals surface area contributed by atoms with Crippen LogP contribution in [-0.4, -0.2) is 49.3 Å². The van der Waals surface area contributed by atoms with Gasteiger partial charge in [0.05, 0.1) is 31.8 Å². The highest BCUT2D eigenvalue weighted by Gasteiger charge is 2.70. The maximum atomic E-state index is 13.5. The van der Waals surface area contributed by atoms with Crippen LogP contribution in [-0.2, 0) is 20.8 Å². The molecule has 2 saturated carbocycles. The summed E-state index contributed by atoms with van der Waals surface area (Å²) >= 11 is 6.05. The number of ether oxygens (including phenoxy) is 2. The first kappa shape index (κ1) is 21.5. The number of nitrogens with zero attached hydrogens (tertiary/aromatic N) is 2. The molecule has 0 aromatic heterocycles. The van der Waals surface area contributed by atoms with E-state index < -0.39 is 0 Å². The number of hydrogen-bond donors (Lipinski definition) is 0. The number of oxime groups is 1. The lowest BCUT2D eigenvalue weighted by Crippen LogP contribution is -2.41. The Labute approximate surface area is 202 Å². The van der Waals surface area contributed by atoms with E-state index in [0.717, 1.165) is 23.3 Å². The monoisotopic (exact) mass is 480 g/mol. The van der Waals surface area contributed by atoms with Crippen molar-refractivity contribution in [3.63, 3.8) is 0 Å². The Kier molecular flexibility index (Phi) is 5.06. The minimum atomic E-state index is -0.302. The summed E-state index contributed by atoms with van der Waals surface area (Å²) in [5.74, 6) is 0.704. The second-order valence-corrected chi connectivity index (χ2v) is 9.90. The van der Waals surface area contributed by atoms with Gasteiger partial charge < -0.3 is 14.3 Å².